The summed E-state index contributed by atoms with van der Waals surface area (Å²) in [5.41, 5.74) is 4.50. The Kier molecular flexibility index (Phi) is 10.6. The van der Waals surface area contributed by atoms with Gasteiger partial charge in [-0.1, -0.05) is 59.6 Å². The van der Waals surface area contributed by atoms with Gasteiger partial charge in [0.1, 0.15) is 11.6 Å². The van der Waals surface area contributed by atoms with Crippen LogP contribution in [0.4, 0.5) is 0 Å². The maximum atomic E-state index is 11.1. The van der Waals surface area contributed by atoms with E-state index in [4.69, 9.17) is 43.1 Å². The first-order chi connectivity index (χ1) is 19.8. The summed E-state index contributed by atoms with van der Waals surface area (Å²) in [6.45, 7) is 0.853. The van der Waals surface area contributed by atoms with Crippen molar-refractivity contribution in [2.75, 3.05) is 6.61 Å². The second kappa shape index (κ2) is 14.5. The molecule has 4 rings (SSSR count). The fraction of sp³-hybridized carbons (Fsp3) is 0.219. The molecule has 2 N–H and O–H groups in total. The predicted molar refractivity (Wildman–Crippen MR) is 163 cm³/mol. The molecule has 0 saturated heterocycles. The number of carbonyl (C=O) groups is 2. The highest BCUT2D eigenvalue weighted by molar-refractivity contribution is 6.36. The summed E-state index contributed by atoms with van der Waals surface area (Å²) in [5.74, 6) is -0.257. The van der Waals surface area contributed by atoms with Gasteiger partial charge in [-0.15, -0.1) is 0 Å². The highest BCUT2D eigenvalue weighted by Gasteiger charge is 2.12. The number of halogens is 2. The molecule has 212 valence electrons. The number of aliphatic carboxylic acids is 2. The SMILES string of the molecule is O=C(O)CCCOC1=CCC=C(c2cccc(/C=C/c3nc(-c4ccc(Cl)cc4Cl)cn3CCCC(=O)O)c2)C=C1. The first-order valence-electron chi connectivity index (χ1n) is 13.2. The van der Waals surface area contributed by atoms with Crippen LogP contribution in [0.5, 0.6) is 0 Å². The molecule has 1 aliphatic carbocycles. The second-order valence-electron chi connectivity index (χ2n) is 9.44. The lowest BCUT2D eigenvalue weighted by atomic mass is 10.0. The lowest BCUT2D eigenvalue weighted by Crippen LogP contribution is -2.02. The van der Waals surface area contributed by atoms with Crippen LogP contribution >= 0.6 is 23.2 Å². The van der Waals surface area contributed by atoms with Crippen LogP contribution in [-0.4, -0.2) is 38.3 Å². The second-order valence-corrected chi connectivity index (χ2v) is 10.3. The van der Waals surface area contributed by atoms with Gasteiger partial charge in [0, 0.05) is 36.2 Å². The number of carboxylic acid groups (broad SMARTS) is 2. The van der Waals surface area contributed by atoms with Gasteiger partial charge in [0.25, 0.3) is 0 Å². The summed E-state index contributed by atoms with van der Waals surface area (Å²) in [4.78, 5) is 26.5. The minimum absolute atomic E-state index is 0.0625. The largest absolute Gasteiger partial charge is 0.494 e. The molecule has 0 radical (unpaired) electrons. The van der Waals surface area contributed by atoms with Crippen molar-refractivity contribution in [2.24, 2.45) is 0 Å². The molecule has 0 aliphatic heterocycles. The molecule has 0 bridgehead atoms. The number of allylic oxidation sites excluding steroid dienone is 5. The van der Waals surface area contributed by atoms with Gasteiger partial charge < -0.3 is 19.5 Å². The van der Waals surface area contributed by atoms with Crippen LogP contribution in [0.3, 0.4) is 0 Å². The molecule has 0 fully saturated rings. The molecule has 9 heteroatoms. The minimum atomic E-state index is -0.839. The molecular formula is C32H30Cl2N2O5. The lowest BCUT2D eigenvalue weighted by molar-refractivity contribution is -0.138. The van der Waals surface area contributed by atoms with Crippen molar-refractivity contribution >= 4 is 52.9 Å². The summed E-state index contributed by atoms with van der Waals surface area (Å²) in [6.07, 6.45) is 15.5. The lowest BCUT2D eigenvalue weighted by Gasteiger charge is -2.06. The van der Waals surface area contributed by atoms with E-state index in [1.807, 2.05) is 65.4 Å². The van der Waals surface area contributed by atoms with Gasteiger partial charge in [-0.05, 0) is 78.5 Å². The first kappa shape index (κ1) is 29.9. The fourth-order valence-corrected chi connectivity index (χ4v) is 4.81. The Morgan fingerprint density at radius 3 is 2.56 bits per heavy atom. The molecule has 0 saturated carbocycles. The maximum Gasteiger partial charge on any atom is 0.303 e. The van der Waals surface area contributed by atoms with Crippen LogP contribution in [0.25, 0.3) is 29.0 Å². The zero-order valence-corrected chi connectivity index (χ0v) is 23.8. The zero-order chi connectivity index (χ0) is 29.2. The topological polar surface area (TPSA) is 102 Å². The van der Waals surface area contributed by atoms with Gasteiger partial charge in [0.05, 0.1) is 17.3 Å². The molecule has 1 heterocycles. The molecule has 3 aromatic rings. The van der Waals surface area contributed by atoms with Gasteiger partial charge in [-0.25, -0.2) is 4.98 Å². The van der Waals surface area contributed by atoms with Crippen molar-refractivity contribution in [3.8, 4) is 11.3 Å². The van der Waals surface area contributed by atoms with E-state index >= 15 is 0 Å². The monoisotopic (exact) mass is 592 g/mol. The number of aryl methyl sites for hydroxylation is 1. The number of aromatic nitrogens is 2. The van der Waals surface area contributed by atoms with Crippen LogP contribution in [0.1, 0.15) is 49.1 Å². The van der Waals surface area contributed by atoms with Crippen molar-refractivity contribution in [3.05, 3.63) is 106 Å². The molecule has 0 amide bonds. The number of ether oxygens (including phenoxy) is 1. The van der Waals surface area contributed by atoms with E-state index in [2.05, 4.69) is 12.1 Å². The van der Waals surface area contributed by atoms with E-state index in [0.29, 0.717) is 54.0 Å². The molecule has 41 heavy (non-hydrogen) atoms. The quantitative estimate of drug-likeness (QED) is 0.195. The van der Waals surface area contributed by atoms with Gasteiger partial charge in [-0.3, -0.25) is 9.59 Å². The normalized spacial score (nSPS) is 13.1. The Morgan fingerprint density at radius 1 is 0.976 bits per heavy atom. The van der Waals surface area contributed by atoms with E-state index < -0.39 is 11.9 Å². The molecule has 1 aromatic heterocycles. The molecule has 7 nitrogen and oxygen atoms in total. The van der Waals surface area contributed by atoms with Crippen molar-refractivity contribution in [3.63, 3.8) is 0 Å². The minimum Gasteiger partial charge on any atom is -0.494 e. The third-order valence-corrected chi connectivity index (χ3v) is 6.88. The van der Waals surface area contributed by atoms with Crippen molar-refractivity contribution in [1.29, 1.82) is 0 Å². The summed E-state index contributed by atoms with van der Waals surface area (Å²) < 4.78 is 7.65. The van der Waals surface area contributed by atoms with Crippen LogP contribution in [0.15, 0.2) is 78.7 Å². The number of hydrogen-bond acceptors (Lipinski definition) is 4. The Balaban J connectivity index is 1.50. The Morgan fingerprint density at radius 2 is 1.78 bits per heavy atom. The summed E-state index contributed by atoms with van der Waals surface area (Å²) in [7, 11) is 0. The first-order valence-corrected chi connectivity index (χ1v) is 14.0. The van der Waals surface area contributed by atoms with E-state index in [9.17, 15) is 9.59 Å². The number of rotatable bonds is 13. The Bertz CT molecular complexity index is 1530. The van der Waals surface area contributed by atoms with Crippen LogP contribution in [0, 0.1) is 0 Å². The van der Waals surface area contributed by atoms with Gasteiger partial charge in [0.2, 0.25) is 0 Å². The Hall–Kier alpha value is -4.07. The van der Waals surface area contributed by atoms with Gasteiger partial charge in [0.15, 0.2) is 0 Å². The van der Waals surface area contributed by atoms with E-state index in [1.165, 1.54) is 0 Å². The highest BCUT2D eigenvalue weighted by atomic mass is 35.5. The smallest absolute Gasteiger partial charge is 0.303 e. The van der Waals surface area contributed by atoms with Crippen molar-refractivity contribution in [2.45, 2.75) is 38.6 Å². The number of carboxylic acids is 2. The van der Waals surface area contributed by atoms with E-state index in [-0.39, 0.29) is 12.8 Å². The fourth-order valence-electron chi connectivity index (χ4n) is 4.31. The summed E-state index contributed by atoms with van der Waals surface area (Å²) >= 11 is 12.5. The van der Waals surface area contributed by atoms with Crippen LogP contribution in [0.2, 0.25) is 10.0 Å². The Labute approximate surface area is 248 Å². The van der Waals surface area contributed by atoms with Crippen LogP contribution < -0.4 is 0 Å². The van der Waals surface area contributed by atoms with E-state index in [0.717, 1.165) is 28.0 Å². The van der Waals surface area contributed by atoms with E-state index in [1.54, 1.807) is 12.1 Å². The van der Waals surface area contributed by atoms with Gasteiger partial charge >= 0.3 is 11.9 Å². The van der Waals surface area contributed by atoms with Crippen molar-refractivity contribution in [1.82, 2.24) is 9.55 Å². The maximum absolute atomic E-state index is 11.1. The zero-order valence-electron chi connectivity index (χ0n) is 22.3. The summed E-state index contributed by atoms with van der Waals surface area (Å²) in [6, 6.07) is 13.4. The molecular weight excluding hydrogens is 563 g/mol. The predicted octanol–water partition coefficient (Wildman–Crippen LogP) is 8.00. The molecule has 0 atom stereocenters. The summed E-state index contributed by atoms with van der Waals surface area (Å²) in [5, 5.41) is 18.9. The number of benzene rings is 2. The molecule has 0 spiro atoms. The number of hydrogen-bond donors (Lipinski definition) is 2. The average molecular weight is 594 g/mol. The average Bonchev–Trinajstić information content (AvgIpc) is 3.17. The van der Waals surface area contributed by atoms with Crippen LogP contribution in [-0.2, 0) is 20.9 Å². The molecule has 1 aliphatic rings. The third kappa shape index (κ3) is 8.96. The standard InChI is InChI=1S/C32H30Cl2N2O5/c33-25-13-15-27(28(34)20-25)29-21-36(17-3-9-31(37)38)30(35-29)16-11-22-5-1-7-24(19-22)23-6-2-8-26(14-12-23)41-18-4-10-32(39)40/h1,5-8,11-16,19-21H,2-4,9-10,17-18H2,(H,37,38)(H,39,40)/b16-11+. The number of nitrogens with zero attached hydrogens (tertiary/aromatic N) is 2. The molecule has 0 unspecified atom stereocenters. The molecule has 2 aromatic carbocycles. The van der Waals surface area contributed by atoms with Crippen molar-refractivity contribution < 1.29 is 24.5 Å². The number of imidazole rings is 1. The highest BCUT2D eigenvalue weighted by Crippen LogP contribution is 2.30. The third-order valence-electron chi connectivity index (χ3n) is 6.34. The van der Waals surface area contributed by atoms with Gasteiger partial charge in [-0.2, -0.15) is 0 Å².